The van der Waals surface area contributed by atoms with Crippen LogP contribution in [0.5, 0.6) is 0 Å². The normalized spacial score (nSPS) is 17.3. The Morgan fingerprint density at radius 1 is 1.21 bits per heavy atom. The van der Waals surface area contributed by atoms with Crippen molar-refractivity contribution in [3.8, 4) is 0 Å². The number of likely N-dealkylation sites (tertiary alicyclic amines) is 1. The molecule has 2 N–H and O–H groups in total. The Bertz CT molecular complexity index is 423. The maximum Gasteiger partial charge on any atom is 0.191 e. The van der Waals surface area contributed by atoms with E-state index in [1.54, 1.807) is 12.1 Å². The summed E-state index contributed by atoms with van der Waals surface area (Å²) in [7, 11) is 0. The van der Waals surface area contributed by atoms with E-state index in [1.807, 2.05) is 6.07 Å². The Labute approximate surface area is 114 Å². The fourth-order valence-electron chi connectivity index (χ4n) is 2.39. The minimum Gasteiger partial charge on any atom is -0.370 e. The lowest BCUT2D eigenvalue weighted by Gasteiger charge is -2.21. The van der Waals surface area contributed by atoms with Gasteiger partial charge in [-0.1, -0.05) is 25.0 Å². The highest BCUT2D eigenvalue weighted by Crippen LogP contribution is 2.09. The van der Waals surface area contributed by atoms with Crippen molar-refractivity contribution in [3.05, 3.63) is 35.6 Å². The molecule has 3 nitrogen and oxygen atoms in total. The number of nitrogens with two attached hydrogens (primary N) is 1. The highest BCUT2D eigenvalue weighted by atomic mass is 19.1. The summed E-state index contributed by atoms with van der Waals surface area (Å²) in [5, 5.41) is 0. The Balaban J connectivity index is 1.83. The van der Waals surface area contributed by atoms with Crippen LogP contribution in [0.3, 0.4) is 0 Å². The number of rotatable bonds is 3. The summed E-state index contributed by atoms with van der Waals surface area (Å²) in [6, 6.07) is 6.66. The second-order valence-electron chi connectivity index (χ2n) is 5.02. The van der Waals surface area contributed by atoms with Crippen LogP contribution in [0.1, 0.15) is 31.2 Å². The average Bonchev–Trinajstić information content (AvgIpc) is 2.67. The molecule has 0 unspecified atom stereocenters. The molecular weight excluding hydrogens is 241 g/mol. The quantitative estimate of drug-likeness (QED) is 0.672. The fraction of sp³-hybridized carbons (Fsp3) is 0.533. The summed E-state index contributed by atoms with van der Waals surface area (Å²) in [6.07, 6.45) is 5.69. The summed E-state index contributed by atoms with van der Waals surface area (Å²) >= 11 is 0. The van der Waals surface area contributed by atoms with Gasteiger partial charge in [0.25, 0.3) is 0 Å². The van der Waals surface area contributed by atoms with Crippen molar-refractivity contribution in [2.45, 2.75) is 32.1 Å². The average molecular weight is 263 g/mol. The van der Waals surface area contributed by atoms with Crippen LogP contribution in [-0.2, 0) is 6.42 Å². The summed E-state index contributed by atoms with van der Waals surface area (Å²) in [5.41, 5.74) is 6.98. The summed E-state index contributed by atoms with van der Waals surface area (Å²) in [4.78, 5) is 6.58. The van der Waals surface area contributed by atoms with Crippen molar-refractivity contribution in [3.63, 3.8) is 0 Å². The van der Waals surface area contributed by atoms with Crippen LogP contribution >= 0.6 is 0 Å². The van der Waals surface area contributed by atoms with E-state index >= 15 is 0 Å². The molecule has 1 heterocycles. The molecule has 1 fully saturated rings. The first-order valence-electron chi connectivity index (χ1n) is 7.05. The molecule has 1 saturated heterocycles. The topological polar surface area (TPSA) is 41.6 Å². The summed E-state index contributed by atoms with van der Waals surface area (Å²) < 4.78 is 13.0. The minimum absolute atomic E-state index is 0.193. The lowest BCUT2D eigenvalue weighted by molar-refractivity contribution is 0.428. The number of hydrogen-bond donors (Lipinski definition) is 1. The zero-order valence-corrected chi connectivity index (χ0v) is 11.3. The molecule has 0 spiro atoms. The standard InChI is InChI=1S/C15H22FN3/c16-14-7-5-6-13(12-14)8-9-18-15(17)19-10-3-1-2-4-11-19/h5-7,12H,1-4,8-11H2,(H2,17,18). The number of halogens is 1. The second-order valence-corrected chi connectivity index (χ2v) is 5.02. The zero-order chi connectivity index (χ0) is 13.5. The summed E-state index contributed by atoms with van der Waals surface area (Å²) in [6.45, 7) is 2.64. The van der Waals surface area contributed by atoms with E-state index < -0.39 is 0 Å². The number of aliphatic imine (C=N–C) groups is 1. The van der Waals surface area contributed by atoms with Crippen LogP contribution in [0.4, 0.5) is 4.39 Å². The molecule has 0 saturated carbocycles. The van der Waals surface area contributed by atoms with Gasteiger partial charge in [-0.2, -0.15) is 0 Å². The maximum absolute atomic E-state index is 13.0. The SMILES string of the molecule is NC(=NCCc1cccc(F)c1)N1CCCCCC1. The third kappa shape index (κ3) is 4.54. The second kappa shape index (κ2) is 7.12. The predicted octanol–water partition coefficient (Wildman–Crippen LogP) is 2.56. The Kier molecular flexibility index (Phi) is 5.19. The van der Waals surface area contributed by atoms with Crippen LogP contribution in [0.25, 0.3) is 0 Å². The third-order valence-corrected chi connectivity index (χ3v) is 3.49. The van der Waals surface area contributed by atoms with Gasteiger partial charge in [-0.05, 0) is 37.0 Å². The fourth-order valence-corrected chi connectivity index (χ4v) is 2.39. The number of nitrogens with zero attached hydrogens (tertiary/aromatic N) is 2. The van der Waals surface area contributed by atoms with E-state index in [4.69, 9.17) is 5.73 Å². The smallest absolute Gasteiger partial charge is 0.191 e. The third-order valence-electron chi connectivity index (χ3n) is 3.49. The van der Waals surface area contributed by atoms with Gasteiger partial charge in [0.05, 0.1) is 0 Å². The zero-order valence-electron chi connectivity index (χ0n) is 11.3. The van der Waals surface area contributed by atoms with Gasteiger partial charge >= 0.3 is 0 Å². The molecule has 0 bridgehead atoms. The Hall–Kier alpha value is -1.58. The van der Waals surface area contributed by atoms with Gasteiger partial charge in [0.1, 0.15) is 5.82 Å². The Morgan fingerprint density at radius 3 is 2.63 bits per heavy atom. The number of benzene rings is 1. The molecule has 1 aliphatic heterocycles. The van der Waals surface area contributed by atoms with E-state index in [1.165, 1.54) is 31.7 Å². The van der Waals surface area contributed by atoms with Crippen LogP contribution < -0.4 is 5.73 Å². The van der Waals surface area contributed by atoms with Gasteiger partial charge in [-0.25, -0.2) is 4.39 Å². The molecule has 2 rings (SSSR count). The van der Waals surface area contributed by atoms with E-state index in [0.717, 1.165) is 25.1 Å². The first kappa shape index (κ1) is 13.8. The first-order valence-corrected chi connectivity index (χ1v) is 7.05. The predicted molar refractivity (Wildman–Crippen MR) is 76.6 cm³/mol. The molecule has 0 amide bonds. The molecule has 1 aromatic rings. The molecule has 1 aliphatic rings. The van der Waals surface area contributed by atoms with Crippen molar-refractivity contribution in [2.75, 3.05) is 19.6 Å². The lowest BCUT2D eigenvalue weighted by Crippen LogP contribution is -2.38. The molecule has 19 heavy (non-hydrogen) atoms. The van der Waals surface area contributed by atoms with Crippen LogP contribution in [0, 0.1) is 5.82 Å². The largest absolute Gasteiger partial charge is 0.370 e. The minimum atomic E-state index is -0.193. The highest BCUT2D eigenvalue weighted by Gasteiger charge is 2.10. The van der Waals surface area contributed by atoms with E-state index in [0.29, 0.717) is 12.5 Å². The van der Waals surface area contributed by atoms with Gasteiger partial charge < -0.3 is 10.6 Å². The molecule has 0 radical (unpaired) electrons. The van der Waals surface area contributed by atoms with Crippen molar-refractivity contribution in [1.29, 1.82) is 0 Å². The Morgan fingerprint density at radius 2 is 1.95 bits per heavy atom. The van der Waals surface area contributed by atoms with Gasteiger partial charge in [0.2, 0.25) is 0 Å². The van der Waals surface area contributed by atoms with E-state index in [9.17, 15) is 4.39 Å². The molecule has 1 aromatic carbocycles. The number of hydrogen-bond acceptors (Lipinski definition) is 1. The van der Waals surface area contributed by atoms with Crippen LogP contribution in [0.15, 0.2) is 29.3 Å². The maximum atomic E-state index is 13.0. The molecule has 0 atom stereocenters. The molecule has 0 aromatic heterocycles. The molecule has 4 heteroatoms. The highest BCUT2D eigenvalue weighted by molar-refractivity contribution is 5.78. The van der Waals surface area contributed by atoms with Crippen LogP contribution in [-0.4, -0.2) is 30.5 Å². The van der Waals surface area contributed by atoms with E-state index in [-0.39, 0.29) is 5.82 Å². The molecule has 0 aliphatic carbocycles. The van der Waals surface area contributed by atoms with Gasteiger partial charge in [0, 0.05) is 19.6 Å². The van der Waals surface area contributed by atoms with Crippen molar-refractivity contribution in [2.24, 2.45) is 10.7 Å². The first-order chi connectivity index (χ1) is 9.25. The lowest BCUT2D eigenvalue weighted by atomic mass is 10.1. The molecular formula is C15H22FN3. The van der Waals surface area contributed by atoms with Crippen LogP contribution in [0.2, 0.25) is 0 Å². The summed E-state index contributed by atoms with van der Waals surface area (Å²) in [5.74, 6) is 0.445. The van der Waals surface area contributed by atoms with Gasteiger partial charge in [-0.15, -0.1) is 0 Å². The molecule has 104 valence electrons. The van der Waals surface area contributed by atoms with Crippen molar-refractivity contribution < 1.29 is 4.39 Å². The van der Waals surface area contributed by atoms with Crippen molar-refractivity contribution >= 4 is 5.96 Å². The van der Waals surface area contributed by atoms with Gasteiger partial charge in [-0.3, -0.25) is 4.99 Å². The van der Waals surface area contributed by atoms with Gasteiger partial charge in [0.15, 0.2) is 5.96 Å². The monoisotopic (exact) mass is 263 g/mol. The van der Waals surface area contributed by atoms with Crippen molar-refractivity contribution in [1.82, 2.24) is 4.90 Å². The van der Waals surface area contributed by atoms with E-state index in [2.05, 4.69) is 9.89 Å². The number of guanidine groups is 1.